The fourth-order valence-corrected chi connectivity index (χ4v) is 2.88. The van der Waals surface area contributed by atoms with Gasteiger partial charge in [0.05, 0.1) is 6.54 Å². The van der Waals surface area contributed by atoms with E-state index in [0.29, 0.717) is 12.5 Å². The lowest BCUT2D eigenvalue weighted by Gasteiger charge is -2.16. The molecule has 1 aromatic rings. The third-order valence-corrected chi connectivity index (χ3v) is 4.54. The van der Waals surface area contributed by atoms with Gasteiger partial charge in [-0.25, -0.2) is 0 Å². The Morgan fingerprint density at radius 1 is 1.17 bits per heavy atom. The van der Waals surface area contributed by atoms with Crippen molar-refractivity contribution in [3.63, 3.8) is 0 Å². The first-order valence-corrected chi connectivity index (χ1v) is 8.63. The summed E-state index contributed by atoms with van der Waals surface area (Å²) in [5.41, 5.74) is 0. The van der Waals surface area contributed by atoms with E-state index in [1.165, 1.54) is 32.1 Å². The van der Waals surface area contributed by atoms with Gasteiger partial charge in [0.1, 0.15) is 5.82 Å². The van der Waals surface area contributed by atoms with Crippen LogP contribution in [0.1, 0.15) is 57.6 Å². The molecule has 1 aliphatic heterocycles. The number of rotatable bonds is 6. The zero-order valence-corrected chi connectivity index (χ0v) is 17.0. The Hall–Kier alpha value is -0.860. The van der Waals surface area contributed by atoms with E-state index in [-0.39, 0.29) is 24.0 Å². The SMILES string of the molecule is CCC(CC)CNC(=NC)NCc1nnc2n1CCCCC2.I. The molecule has 2 N–H and O–H groups in total. The molecule has 0 aromatic carbocycles. The van der Waals surface area contributed by atoms with Crippen LogP contribution in [-0.2, 0) is 19.5 Å². The fraction of sp³-hybridized carbons (Fsp3) is 0.812. The summed E-state index contributed by atoms with van der Waals surface area (Å²) in [6.07, 6.45) is 7.17. The molecule has 7 heteroatoms. The number of nitrogens with zero attached hydrogens (tertiary/aromatic N) is 4. The molecule has 1 aliphatic rings. The first kappa shape index (κ1) is 20.2. The van der Waals surface area contributed by atoms with Crippen LogP contribution >= 0.6 is 24.0 Å². The highest BCUT2D eigenvalue weighted by atomic mass is 127. The van der Waals surface area contributed by atoms with E-state index in [2.05, 4.69) is 44.2 Å². The second-order valence-corrected chi connectivity index (χ2v) is 5.98. The van der Waals surface area contributed by atoms with Crippen molar-refractivity contribution in [1.29, 1.82) is 0 Å². The number of nitrogens with one attached hydrogen (secondary N) is 2. The Labute approximate surface area is 157 Å². The third kappa shape index (κ3) is 5.93. The van der Waals surface area contributed by atoms with E-state index in [0.717, 1.165) is 37.1 Å². The summed E-state index contributed by atoms with van der Waals surface area (Å²) in [4.78, 5) is 4.30. The number of hydrogen-bond acceptors (Lipinski definition) is 3. The summed E-state index contributed by atoms with van der Waals surface area (Å²) in [6.45, 7) is 7.15. The van der Waals surface area contributed by atoms with Gasteiger partial charge in [0.15, 0.2) is 11.8 Å². The molecule has 0 aliphatic carbocycles. The number of aryl methyl sites for hydroxylation is 1. The van der Waals surface area contributed by atoms with Crippen LogP contribution in [0, 0.1) is 5.92 Å². The molecule has 0 radical (unpaired) electrons. The van der Waals surface area contributed by atoms with E-state index in [1.807, 2.05) is 7.05 Å². The molecular formula is C16H31IN6. The topological polar surface area (TPSA) is 67.1 Å². The van der Waals surface area contributed by atoms with Gasteiger partial charge in [-0.1, -0.05) is 33.1 Å². The minimum Gasteiger partial charge on any atom is -0.356 e. The molecular weight excluding hydrogens is 403 g/mol. The normalized spacial score (nSPS) is 14.9. The van der Waals surface area contributed by atoms with E-state index in [9.17, 15) is 0 Å². The van der Waals surface area contributed by atoms with Crippen LogP contribution in [0.15, 0.2) is 4.99 Å². The summed E-state index contributed by atoms with van der Waals surface area (Å²) in [5, 5.41) is 15.4. The Balaban J connectivity index is 0.00000264. The number of aliphatic imine (C=N–C) groups is 1. The van der Waals surface area contributed by atoms with Crippen LogP contribution in [-0.4, -0.2) is 34.3 Å². The molecule has 132 valence electrons. The lowest BCUT2D eigenvalue weighted by atomic mass is 10.0. The first-order valence-electron chi connectivity index (χ1n) is 8.63. The average molecular weight is 434 g/mol. The van der Waals surface area contributed by atoms with Crippen molar-refractivity contribution in [1.82, 2.24) is 25.4 Å². The van der Waals surface area contributed by atoms with E-state index >= 15 is 0 Å². The zero-order chi connectivity index (χ0) is 15.8. The maximum atomic E-state index is 4.34. The van der Waals surface area contributed by atoms with Crippen LogP contribution in [0.25, 0.3) is 0 Å². The molecule has 0 fully saturated rings. The second kappa shape index (κ2) is 10.8. The predicted octanol–water partition coefficient (Wildman–Crippen LogP) is 2.72. The maximum absolute atomic E-state index is 4.34. The highest BCUT2D eigenvalue weighted by molar-refractivity contribution is 14.0. The van der Waals surface area contributed by atoms with Gasteiger partial charge < -0.3 is 15.2 Å². The number of hydrogen-bond donors (Lipinski definition) is 2. The van der Waals surface area contributed by atoms with Crippen LogP contribution < -0.4 is 10.6 Å². The maximum Gasteiger partial charge on any atom is 0.191 e. The van der Waals surface area contributed by atoms with Crippen molar-refractivity contribution in [2.24, 2.45) is 10.9 Å². The summed E-state index contributed by atoms with van der Waals surface area (Å²) >= 11 is 0. The lowest BCUT2D eigenvalue weighted by molar-refractivity contribution is 0.481. The molecule has 0 unspecified atom stereocenters. The van der Waals surface area contributed by atoms with Crippen LogP contribution in [0.2, 0.25) is 0 Å². The zero-order valence-electron chi connectivity index (χ0n) is 14.6. The Morgan fingerprint density at radius 2 is 1.96 bits per heavy atom. The predicted molar refractivity (Wildman–Crippen MR) is 105 cm³/mol. The monoisotopic (exact) mass is 434 g/mol. The van der Waals surface area contributed by atoms with Gasteiger partial charge in [0, 0.05) is 26.6 Å². The summed E-state index contributed by atoms with van der Waals surface area (Å²) in [6, 6.07) is 0. The Bertz CT molecular complexity index is 481. The second-order valence-electron chi connectivity index (χ2n) is 5.98. The molecule has 2 heterocycles. The number of fused-ring (bicyclic) bond motifs is 1. The standard InChI is InChI=1S/C16H30N6.HI/c1-4-13(5-2)11-18-16(17-3)19-12-15-21-20-14-9-7-6-8-10-22(14)15;/h13H,4-12H2,1-3H3,(H2,17,18,19);1H. The van der Waals surface area contributed by atoms with Crippen molar-refractivity contribution in [2.75, 3.05) is 13.6 Å². The van der Waals surface area contributed by atoms with Gasteiger partial charge in [0.25, 0.3) is 0 Å². The van der Waals surface area contributed by atoms with Crippen LogP contribution in [0.5, 0.6) is 0 Å². The van der Waals surface area contributed by atoms with E-state index in [1.54, 1.807) is 0 Å². The van der Waals surface area contributed by atoms with Gasteiger partial charge in [-0.15, -0.1) is 34.2 Å². The van der Waals surface area contributed by atoms with Crippen molar-refractivity contribution < 1.29 is 0 Å². The van der Waals surface area contributed by atoms with Crippen molar-refractivity contribution in [3.05, 3.63) is 11.6 Å². The summed E-state index contributed by atoms with van der Waals surface area (Å²) in [7, 11) is 1.81. The molecule has 23 heavy (non-hydrogen) atoms. The summed E-state index contributed by atoms with van der Waals surface area (Å²) in [5.74, 6) is 3.69. The van der Waals surface area contributed by atoms with Crippen molar-refractivity contribution >= 4 is 29.9 Å². The first-order chi connectivity index (χ1) is 10.8. The minimum atomic E-state index is 0. The smallest absolute Gasteiger partial charge is 0.191 e. The van der Waals surface area contributed by atoms with Crippen molar-refractivity contribution in [2.45, 2.75) is 65.5 Å². The van der Waals surface area contributed by atoms with Gasteiger partial charge in [-0.2, -0.15) is 0 Å². The molecule has 0 saturated heterocycles. The highest BCUT2D eigenvalue weighted by Gasteiger charge is 2.14. The molecule has 0 saturated carbocycles. The number of guanidine groups is 1. The quantitative estimate of drug-likeness (QED) is 0.411. The average Bonchev–Trinajstić information content (AvgIpc) is 2.78. The largest absolute Gasteiger partial charge is 0.356 e. The van der Waals surface area contributed by atoms with E-state index in [4.69, 9.17) is 0 Å². The molecule has 0 bridgehead atoms. The Kier molecular flexibility index (Phi) is 9.50. The van der Waals surface area contributed by atoms with Gasteiger partial charge >= 0.3 is 0 Å². The molecule has 0 amide bonds. The van der Waals surface area contributed by atoms with Crippen LogP contribution in [0.4, 0.5) is 0 Å². The van der Waals surface area contributed by atoms with Gasteiger partial charge in [-0.3, -0.25) is 4.99 Å². The number of aromatic nitrogens is 3. The molecule has 0 spiro atoms. The van der Waals surface area contributed by atoms with Gasteiger partial charge in [0.2, 0.25) is 0 Å². The molecule has 6 nitrogen and oxygen atoms in total. The lowest BCUT2D eigenvalue weighted by Crippen LogP contribution is -2.39. The summed E-state index contributed by atoms with van der Waals surface area (Å²) < 4.78 is 2.27. The fourth-order valence-electron chi connectivity index (χ4n) is 2.88. The van der Waals surface area contributed by atoms with Gasteiger partial charge in [-0.05, 0) is 18.8 Å². The molecule has 0 atom stereocenters. The highest BCUT2D eigenvalue weighted by Crippen LogP contribution is 2.14. The molecule has 1 aromatic heterocycles. The van der Waals surface area contributed by atoms with E-state index < -0.39 is 0 Å². The van der Waals surface area contributed by atoms with Crippen molar-refractivity contribution in [3.8, 4) is 0 Å². The molecule has 2 rings (SSSR count). The number of halogens is 1. The third-order valence-electron chi connectivity index (χ3n) is 4.54. The Morgan fingerprint density at radius 3 is 2.65 bits per heavy atom. The minimum absolute atomic E-state index is 0. The van der Waals surface area contributed by atoms with Crippen LogP contribution in [0.3, 0.4) is 0 Å².